The highest BCUT2D eigenvalue weighted by Crippen LogP contribution is 2.26. The first kappa shape index (κ1) is 13.8. The molecule has 0 unspecified atom stereocenters. The van der Waals surface area contributed by atoms with E-state index in [0.29, 0.717) is 11.6 Å². The summed E-state index contributed by atoms with van der Waals surface area (Å²) in [5, 5.41) is 8.00. The van der Waals surface area contributed by atoms with Crippen LogP contribution in [0.25, 0.3) is 5.82 Å². The topological polar surface area (TPSA) is 59.8 Å². The summed E-state index contributed by atoms with van der Waals surface area (Å²) in [4.78, 5) is 15.8. The van der Waals surface area contributed by atoms with Crippen LogP contribution in [0, 0.1) is 6.92 Å². The minimum absolute atomic E-state index is 0.413. The molecule has 0 bridgehead atoms. The van der Waals surface area contributed by atoms with Crippen molar-refractivity contribution in [3.05, 3.63) is 35.7 Å². The maximum absolute atomic E-state index is 11.4. The van der Waals surface area contributed by atoms with Gasteiger partial charge in [0.05, 0.1) is 11.3 Å². The second-order valence-corrected chi connectivity index (χ2v) is 5.54. The van der Waals surface area contributed by atoms with Crippen LogP contribution in [0.5, 0.6) is 0 Å². The Balaban J connectivity index is 1.98. The molecule has 0 amide bonds. The number of hydrogen-bond acceptors (Lipinski definition) is 4. The molecule has 0 aliphatic heterocycles. The molecule has 2 aromatic heterocycles. The summed E-state index contributed by atoms with van der Waals surface area (Å²) in [7, 11) is 0. The predicted octanol–water partition coefficient (Wildman–Crippen LogP) is 3.13. The zero-order chi connectivity index (χ0) is 14.7. The highest BCUT2D eigenvalue weighted by molar-refractivity contribution is 5.85. The first-order chi connectivity index (χ1) is 10.3. The van der Waals surface area contributed by atoms with Gasteiger partial charge in [-0.1, -0.05) is 25.3 Å². The second-order valence-electron chi connectivity index (χ2n) is 5.54. The van der Waals surface area contributed by atoms with Crippen molar-refractivity contribution in [3.8, 4) is 5.82 Å². The number of pyridine rings is 1. The van der Waals surface area contributed by atoms with E-state index in [-0.39, 0.29) is 0 Å². The lowest BCUT2D eigenvalue weighted by molar-refractivity contribution is 0.112. The summed E-state index contributed by atoms with van der Waals surface area (Å²) in [6.07, 6.45) is 8.69. The van der Waals surface area contributed by atoms with Crippen LogP contribution >= 0.6 is 0 Å². The van der Waals surface area contributed by atoms with Gasteiger partial charge in [0, 0.05) is 12.2 Å². The zero-order valence-corrected chi connectivity index (χ0v) is 12.2. The summed E-state index contributed by atoms with van der Waals surface area (Å²) in [6, 6.07) is 6.10. The molecule has 21 heavy (non-hydrogen) atoms. The van der Waals surface area contributed by atoms with Crippen molar-refractivity contribution >= 4 is 12.1 Å². The number of aldehydes is 1. The van der Waals surface area contributed by atoms with Crippen LogP contribution in [0.4, 0.5) is 5.82 Å². The first-order valence-electron chi connectivity index (χ1n) is 7.52. The van der Waals surface area contributed by atoms with E-state index in [4.69, 9.17) is 0 Å². The summed E-state index contributed by atoms with van der Waals surface area (Å²) in [6.45, 7) is 1.86. The van der Waals surface area contributed by atoms with Crippen LogP contribution in [-0.4, -0.2) is 27.1 Å². The molecule has 3 rings (SSSR count). The molecule has 0 spiro atoms. The largest absolute Gasteiger partial charge is 0.367 e. The number of anilines is 1. The third-order valence-electron chi connectivity index (χ3n) is 4.04. The second kappa shape index (κ2) is 6.08. The normalized spacial score (nSPS) is 15.9. The molecule has 0 atom stereocenters. The minimum atomic E-state index is 0.413. The molecule has 5 nitrogen and oxygen atoms in total. The number of nitrogens with one attached hydrogen (secondary N) is 1. The van der Waals surface area contributed by atoms with Crippen LogP contribution in [0.3, 0.4) is 0 Å². The molecule has 1 saturated carbocycles. The number of hydrogen-bond donors (Lipinski definition) is 1. The van der Waals surface area contributed by atoms with Gasteiger partial charge in [-0.3, -0.25) is 4.79 Å². The Morgan fingerprint density at radius 3 is 2.76 bits per heavy atom. The number of aryl methyl sites for hydroxylation is 1. The molecule has 0 saturated heterocycles. The van der Waals surface area contributed by atoms with Gasteiger partial charge in [-0.25, -0.2) is 4.98 Å². The summed E-state index contributed by atoms with van der Waals surface area (Å²) in [5.41, 5.74) is 1.36. The van der Waals surface area contributed by atoms with Crippen molar-refractivity contribution in [2.75, 3.05) is 5.32 Å². The lowest BCUT2D eigenvalue weighted by Crippen LogP contribution is -2.24. The maximum atomic E-state index is 11.4. The smallest absolute Gasteiger partial charge is 0.155 e. The molecule has 1 N–H and O–H groups in total. The molecule has 1 aliphatic carbocycles. The van der Waals surface area contributed by atoms with Crippen LogP contribution in [0.2, 0.25) is 0 Å². The van der Waals surface area contributed by atoms with E-state index in [9.17, 15) is 4.79 Å². The summed E-state index contributed by atoms with van der Waals surface area (Å²) >= 11 is 0. The molecule has 0 radical (unpaired) electrons. The molecule has 110 valence electrons. The fourth-order valence-electron chi connectivity index (χ4n) is 2.90. The fraction of sp³-hybridized carbons (Fsp3) is 0.438. The number of aromatic nitrogens is 3. The van der Waals surface area contributed by atoms with Gasteiger partial charge in [0.15, 0.2) is 12.1 Å². The Kier molecular flexibility index (Phi) is 3.99. The SMILES string of the molecule is Cc1nn(-c2ccccn2)c(NC2CCCCC2)c1C=O. The van der Waals surface area contributed by atoms with Crippen molar-refractivity contribution in [1.29, 1.82) is 0 Å². The number of nitrogens with zero attached hydrogens (tertiary/aromatic N) is 3. The molecule has 5 heteroatoms. The van der Waals surface area contributed by atoms with E-state index >= 15 is 0 Å². The average Bonchev–Trinajstić information content (AvgIpc) is 2.85. The van der Waals surface area contributed by atoms with Gasteiger partial charge in [0.2, 0.25) is 0 Å². The number of carbonyl (C=O) groups excluding carboxylic acids is 1. The Bertz CT molecular complexity index is 615. The molecule has 2 heterocycles. The third-order valence-corrected chi connectivity index (χ3v) is 4.04. The first-order valence-corrected chi connectivity index (χ1v) is 7.52. The number of carbonyl (C=O) groups is 1. The highest BCUT2D eigenvalue weighted by Gasteiger charge is 2.21. The lowest BCUT2D eigenvalue weighted by Gasteiger charge is -2.24. The standard InChI is InChI=1S/C16H20N4O/c1-12-14(11-21)16(18-13-7-3-2-4-8-13)20(19-12)15-9-5-6-10-17-15/h5-6,9-11,13,18H,2-4,7-8H2,1H3. The van der Waals surface area contributed by atoms with Crippen molar-refractivity contribution < 1.29 is 4.79 Å². The van der Waals surface area contributed by atoms with Crippen molar-refractivity contribution in [1.82, 2.24) is 14.8 Å². The molecule has 1 aliphatic rings. The van der Waals surface area contributed by atoms with Gasteiger partial charge in [-0.05, 0) is 31.9 Å². The summed E-state index contributed by atoms with van der Waals surface area (Å²) in [5.74, 6) is 1.50. The van der Waals surface area contributed by atoms with Gasteiger partial charge in [0.25, 0.3) is 0 Å². The Labute approximate surface area is 124 Å². The van der Waals surface area contributed by atoms with Crippen molar-refractivity contribution in [2.45, 2.75) is 45.1 Å². The van der Waals surface area contributed by atoms with E-state index in [2.05, 4.69) is 15.4 Å². The van der Waals surface area contributed by atoms with E-state index in [1.54, 1.807) is 10.9 Å². The van der Waals surface area contributed by atoms with Crippen LogP contribution in [0.1, 0.15) is 48.2 Å². The van der Waals surface area contributed by atoms with Crippen molar-refractivity contribution in [3.63, 3.8) is 0 Å². The quantitative estimate of drug-likeness (QED) is 0.876. The fourth-order valence-corrected chi connectivity index (χ4v) is 2.90. The average molecular weight is 284 g/mol. The van der Waals surface area contributed by atoms with Gasteiger partial charge in [0.1, 0.15) is 5.82 Å². The van der Waals surface area contributed by atoms with Crippen molar-refractivity contribution in [2.24, 2.45) is 0 Å². The van der Waals surface area contributed by atoms with Gasteiger partial charge in [-0.15, -0.1) is 0 Å². The Hall–Kier alpha value is -2.17. The highest BCUT2D eigenvalue weighted by atomic mass is 16.1. The maximum Gasteiger partial charge on any atom is 0.155 e. The van der Waals surface area contributed by atoms with E-state index in [0.717, 1.165) is 36.5 Å². The minimum Gasteiger partial charge on any atom is -0.367 e. The molecule has 1 fully saturated rings. The Morgan fingerprint density at radius 1 is 1.29 bits per heavy atom. The summed E-state index contributed by atoms with van der Waals surface area (Å²) < 4.78 is 1.74. The number of rotatable bonds is 4. The van der Waals surface area contributed by atoms with Gasteiger partial charge >= 0.3 is 0 Å². The molecular weight excluding hydrogens is 264 g/mol. The molecular formula is C16H20N4O. The Morgan fingerprint density at radius 2 is 2.10 bits per heavy atom. The lowest BCUT2D eigenvalue weighted by atomic mass is 9.95. The van der Waals surface area contributed by atoms with Crippen LogP contribution in [-0.2, 0) is 0 Å². The van der Waals surface area contributed by atoms with Gasteiger partial charge in [-0.2, -0.15) is 9.78 Å². The van der Waals surface area contributed by atoms with Crippen LogP contribution in [0.15, 0.2) is 24.4 Å². The van der Waals surface area contributed by atoms with E-state index in [1.807, 2.05) is 25.1 Å². The monoisotopic (exact) mass is 284 g/mol. The third kappa shape index (κ3) is 2.82. The zero-order valence-electron chi connectivity index (χ0n) is 12.2. The van der Waals surface area contributed by atoms with E-state index in [1.165, 1.54) is 19.3 Å². The van der Waals surface area contributed by atoms with Crippen LogP contribution < -0.4 is 5.32 Å². The molecule has 2 aromatic rings. The van der Waals surface area contributed by atoms with Gasteiger partial charge < -0.3 is 5.32 Å². The van der Waals surface area contributed by atoms with E-state index < -0.39 is 0 Å². The molecule has 0 aromatic carbocycles. The predicted molar refractivity (Wildman–Crippen MR) is 82.0 cm³/mol.